The molecule has 0 aliphatic rings. The van der Waals surface area contributed by atoms with Crippen molar-refractivity contribution in [1.82, 2.24) is 0 Å². The molecular weight excluding hydrogens is 255 g/mol. The van der Waals surface area contributed by atoms with Crippen molar-refractivity contribution in [3.05, 3.63) is 66.2 Å². The van der Waals surface area contributed by atoms with Crippen LogP contribution in [-0.4, -0.2) is 0 Å². The van der Waals surface area contributed by atoms with Crippen molar-refractivity contribution < 1.29 is 4.39 Å². The van der Waals surface area contributed by atoms with Crippen LogP contribution in [0, 0.1) is 17.1 Å². The summed E-state index contributed by atoms with van der Waals surface area (Å²) in [4.78, 5) is 0. The number of halogens is 1. The van der Waals surface area contributed by atoms with Crippen LogP contribution in [0.1, 0.15) is 5.56 Å². The SMILES string of the molecule is N#Cc1ccc(-c2ccc(F)cc2)cc1N(N)/C=C\N. The molecule has 0 spiro atoms. The van der Waals surface area contributed by atoms with Crippen LogP contribution in [0.15, 0.2) is 54.9 Å². The first kappa shape index (κ1) is 13.6. The zero-order chi connectivity index (χ0) is 14.5. The Labute approximate surface area is 116 Å². The van der Waals surface area contributed by atoms with E-state index in [-0.39, 0.29) is 5.82 Å². The van der Waals surface area contributed by atoms with Gasteiger partial charge in [-0.25, -0.2) is 10.2 Å². The lowest BCUT2D eigenvalue weighted by Gasteiger charge is -2.16. The molecule has 5 heteroatoms. The first-order chi connectivity index (χ1) is 9.65. The van der Waals surface area contributed by atoms with E-state index in [9.17, 15) is 4.39 Å². The topological polar surface area (TPSA) is 79.1 Å². The minimum Gasteiger partial charge on any atom is -0.403 e. The summed E-state index contributed by atoms with van der Waals surface area (Å²) in [5.74, 6) is 5.51. The molecule has 2 aromatic carbocycles. The molecule has 0 aliphatic carbocycles. The number of nitriles is 1. The zero-order valence-electron chi connectivity index (χ0n) is 10.6. The standard InChI is InChI=1S/C15H13FN4/c16-14-5-3-11(4-6-14)12-1-2-13(10-18)15(9-12)20(19)8-7-17/h1-9H,17,19H2/b8-7-. The average Bonchev–Trinajstić information content (AvgIpc) is 2.47. The van der Waals surface area contributed by atoms with E-state index < -0.39 is 0 Å². The summed E-state index contributed by atoms with van der Waals surface area (Å²) in [6, 6.07) is 13.4. The summed E-state index contributed by atoms with van der Waals surface area (Å²) in [5, 5.41) is 10.4. The van der Waals surface area contributed by atoms with Crippen molar-refractivity contribution in [2.24, 2.45) is 11.6 Å². The predicted molar refractivity (Wildman–Crippen MR) is 76.5 cm³/mol. The van der Waals surface area contributed by atoms with Gasteiger partial charge in [-0.15, -0.1) is 0 Å². The fourth-order valence-corrected chi connectivity index (χ4v) is 1.83. The number of benzene rings is 2. The van der Waals surface area contributed by atoms with Gasteiger partial charge >= 0.3 is 0 Å². The van der Waals surface area contributed by atoms with Gasteiger partial charge in [-0.2, -0.15) is 5.26 Å². The molecular formula is C15H13FN4. The van der Waals surface area contributed by atoms with Crippen LogP contribution in [0.25, 0.3) is 11.1 Å². The molecule has 0 heterocycles. The van der Waals surface area contributed by atoms with Crippen LogP contribution in [0.4, 0.5) is 10.1 Å². The number of hydrogen-bond acceptors (Lipinski definition) is 4. The molecule has 0 saturated carbocycles. The highest BCUT2D eigenvalue weighted by Crippen LogP contribution is 2.27. The molecule has 0 bridgehead atoms. The molecule has 0 atom stereocenters. The number of rotatable bonds is 3. The Bertz CT molecular complexity index is 671. The van der Waals surface area contributed by atoms with Gasteiger partial charge in [0.25, 0.3) is 0 Å². The molecule has 0 unspecified atom stereocenters. The van der Waals surface area contributed by atoms with Crippen molar-refractivity contribution >= 4 is 5.69 Å². The summed E-state index contributed by atoms with van der Waals surface area (Å²) < 4.78 is 12.9. The van der Waals surface area contributed by atoms with E-state index in [1.54, 1.807) is 30.3 Å². The lowest BCUT2D eigenvalue weighted by molar-refractivity contribution is 0.628. The highest BCUT2D eigenvalue weighted by atomic mass is 19.1. The third-order valence-corrected chi connectivity index (χ3v) is 2.82. The number of anilines is 1. The van der Waals surface area contributed by atoms with Crippen LogP contribution >= 0.6 is 0 Å². The Hall–Kier alpha value is -2.84. The van der Waals surface area contributed by atoms with Crippen molar-refractivity contribution in [3.63, 3.8) is 0 Å². The largest absolute Gasteiger partial charge is 0.403 e. The quantitative estimate of drug-likeness (QED) is 0.662. The second-order valence-corrected chi connectivity index (χ2v) is 4.10. The molecule has 20 heavy (non-hydrogen) atoms. The van der Waals surface area contributed by atoms with E-state index in [4.69, 9.17) is 16.8 Å². The molecule has 0 aromatic heterocycles. The Balaban J connectivity index is 2.49. The van der Waals surface area contributed by atoms with Gasteiger partial charge in [0.2, 0.25) is 0 Å². The third kappa shape index (κ3) is 2.76. The number of hydrogen-bond donors (Lipinski definition) is 2. The summed E-state index contributed by atoms with van der Waals surface area (Å²) in [6.07, 6.45) is 2.73. The van der Waals surface area contributed by atoms with Crippen molar-refractivity contribution in [2.45, 2.75) is 0 Å². The highest BCUT2D eigenvalue weighted by molar-refractivity contribution is 5.72. The fourth-order valence-electron chi connectivity index (χ4n) is 1.83. The summed E-state index contributed by atoms with van der Waals surface area (Å²) in [7, 11) is 0. The van der Waals surface area contributed by atoms with Gasteiger partial charge in [-0.05, 0) is 35.4 Å². The molecule has 4 nitrogen and oxygen atoms in total. The molecule has 0 amide bonds. The van der Waals surface area contributed by atoms with Crippen LogP contribution in [-0.2, 0) is 0 Å². The van der Waals surface area contributed by atoms with Gasteiger partial charge in [-0.1, -0.05) is 18.2 Å². The monoisotopic (exact) mass is 268 g/mol. The van der Waals surface area contributed by atoms with Gasteiger partial charge in [0, 0.05) is 12.4 Å². The van der Waals surface area contributed by atoms with Crippen LogP contribution in [0.3, 0.4) is 0 Å². The Kier molecular flexibility index (Phi) is 3.99. The number of nitrogens with zero attached hydrogens (tertiary/aromatic N) is 2. The summed E-state index contributed by atoms with van der Waals surface area (Å²) in [6.45, 7) is 0. The van der Waals surface area contributed by atoms with E-state index in [0.29, 0.717) is 11.3 Å². The van der Waals surface area contributed by atoms with E-state index in [1.807, 2.05) is 0 Å². The zero-order valence-corrected chi connectivity index (χ0v) is 10.6. The fraction of sp³-hybridized carbons (Fsp3) is 0. The Morgan fingerprint density at radius 1 is 1.10 bits per heavy atom. The number of hydrazine groups is 1. The molecule has 0 saturated heterocycles. The lowest BCUT2D eigenvalue weighted by atomic mass is 10.0. The van der Waals surface area contributed by atoms with Gasteiger partial charge in [0.15, 0.2) is 0 Å². The smallest absolute Gasteiger partial charge is 0.123 e. The van der Waals surface area contributed by atoms with E-state index >= 15 is 0 Å². The number of nitrogens with two attached hydrogens (primary N) is 2. The second kappa shape index (κ2) is 5.87. The molecule has 4 N–H and O–H groups in total. The Morgan fingerprint density at radius 3 is 2.35 bits per heavy atom. The van der Waals surface area contributed by atoms with Crippen LogP contribution in [0.5, 0.6) is 0 Å². The molecule has 0 fully saturated rings. The average molecular weight is 268 g/mol. The van der Waals surface area contributed by atoms with Crippen molar-refractivity contribution in [1.29, 1.82) is 5.26 Å². The minimum absolute atomic E-state index is 0.297. The third-order valence-electron chi connectivity index (χ3n) is 2.82. The molecule has 2 aromatic rings. The maximum Gasteiger partial charge on any atom is 0.123 e. The summed E-state index contributed by atoms with van der Waals surface area (Å²) in [5.41, 5.74) is 7.92. The van der Waals surface area contributed by atoms with Gasteiger partial charge < -0.3 is 5.73 Å². The van der Waals surface area contributed by atoms with Crippen molar-refractivity contribution in [2.75, 3.05) is 5.01 Å². The second-order valence-electron chi connectivity index (χ2n) is 4.10. The molecule has 2 rings (SSSR count). The maximum atomic E-state index is 12.9. The molecule has 0 aliphatic heterocycles. The maximum absolute atomic E-state index is 12.9. The predicted octanol–water partition coefficient (Wildman–Crippen LogP) is 2.47. The van der Waals surface area contributed by atoms with Gasteiger partial charge in [0.05, 0.1) is 11.3 Å². The highest BCUT2D eigenvalue weighted by Gasteiger charge is 2.08. The van der Waals surface area contributed by atoms with Crippen molar-refractivity contribution in [3.8, 4) is 17.2 Å². The van der Waals surface area contributed by atoms with E-state index in [1.165, 1.54) is 29.5 Å². The van der Waals surface area contributed by atoms with Gasteiger partial charge in [0.1, 0.15) is 11.9 Å². The summed E-state index contributed by atoms with van der Waals surface area (Å²) >= 11 is 0. The first-order valence-corrected chi connectivity index (χ1v) is 5.88. The van der Waals surface area contributed by atoms with Gasteiger partial charge in [-0.3, -0.25) is 5.01 Å². The molecule has 0 radical (unpaired) electrons. The van der Waals surface area contributed by atoms with Crippen LogP contribution < -0.4 is 16.6 Å². The van der Waals surface area contributed by atoms with E-state index in [2.05, 4.69) is 6.07 Å². The van der Waals surface area contributed by atoms with E-state index in [0.717, 1.165) is 11.1 Å². The Morgan fingerprint density at radius 2 is 1.75 bits per heavy atom. The normalized spacial score (nSPS) is 10.4. The lowest BCUT2D eigenvalue weighted by Crippen LogP contribution is -2.25. The minimum atomic E-state index is -0.297. The van der Waals surface area contributed by atoms with Crippen LogP contribution in [0.2, 0.25) is 0 Å². The molecule has 100 valence electrons. The first-order valence-electron chi connectivity index (χ1n) is 5.88.